The largest absolute Gasteiger partial charge is 0.300 e. The second-order valence-corrected chi connectivity index (χ2v) is 8.29. The molecule has 0 rings (SSSR count). The van der Waals surface area contributed by atoms with Crippen molar-refractivity contribution in [2.45, 2.75) is 23.5 Å². The summed E-state index contributed by atoms with van der Waals surface area (Å²) in [5.74, 6) is -0.519. The topological polar surface area (TPSA) is 98.2 Å². The average Bonchev–Trinajstić information content (AvgIpc) is 1.99. The summed E-state index contributed by atoms with van der Waals surface area (Å²) in [6.07, 6.45) is 0.767. The van der Waals surface area contributed by atoms with Crippen molar-refractivity contribution < 1.29 is 9.36 Å². The molecule has 0 spiro atoms. The minimum atomic E-state index is -3.53. The quantitative estimate of drug-likeness (QED) is 0.530. The molecular formula is C6H14Br2N3O2P. The van der Waals surface area contributed by atoms with Crippen LogP contribution >= 0.6 is 39.5 Å². The van der Waals surface area contributed by atoms with Gasteiger partial charge in [0.25, 0.3) is 13.5 Å². The van der Waals surface area contributed by atoms with Gasteiger partial charge in [-0.1, -0.05) is 52.1 Å². The second-order valence-electron chi connectivity index (χ2n) is 3.08. The number of carbonyl (C=O) groups is 1. The first-order chi connectivity index (χ1) is 6.11. The fraction of sp³-hybridized carbons (Fsp3) is 0.833. The van der Waals surface area contributed by atoms with Gasteiger partial charge in [-0.05, 0) is 5.92 Å². The highest BCUT2D eigenvalue weighted by Gasteiger charge is 2.39. The van der Waals surface area contributed by atoms with E-state index in [-0.39, 0.29) is 5.92 Å². The zero-order chi connectivity index (χ0) is 11.6. The Morgan fingerprint density at radius 3 is 2.29 bits per heavy atom. The Hall–Kier alpha value is 0.580. The van der Waals surface area contributed by atoms with Crippen molar-refractivity contribution in [3.63, 3.8) is 0 Å². The maximum Gasteiger partial charge on any atom is 0.300 e. The van der Waals surface area contributed by atoms with Gasteiger partial charge in [0.2, 0.25) is 0 Å². The molecule has 0 radical (unpaired) electrons. The third-order valence-electron chi connectivity index (χ3n) is 1.81. The van der Waals surface area contributed by atoms with Gasteiger partial charge in [0.15, 0.2) is 3.23 Å². The first-order valence-corrected chi connectivity index (χ1v) is 7.42. The van der Waals surface area contributed by atoms with E-state index in [1.807, 2.05) is 13.8 Å². The Balaban J connectivity index is 4.60. The highest BCUT2D eigenvalue weighted by atomic mass is 79.9. The lowest BCUT2D eigenvalue weighted by Gasteiger charge is -2.26. The van der Waals surface area contributed by atoms with Gasteiger partial charge in [-0.2, -0.15) is 0 Å². The van der Waals surface area contributed by atoms with Crippen LogP contribution in [0.4, 0.5) is 0 Å². The van der Waals surface area contributed by atoms with E-state index in [9.17, 15) is 9.36 Å². The number of halogens is 2. The van der Waals surface area contributed by atoms with E-state index in [0.717, 1.165) is 6.42 Å². The smallest absolute Gasteiger partial charge is 0.281 e. The van der Waals surface area contributed by atoms with E-state index in [0.29, 0.717) is 0 Å². The van der Waals surface area contributed by atoms with Gasteiger partial charge >= 0.3 is 0 Å². The van der Waals surface area contributed by atoms with Crippen LogP contribution in [-0.2, 0) is 9.36 Å². The van der Waals surface area contributed by atoms with Crippen molar-refractivity contribution in [1.82, 2.24) is 5.09 Å². The molecule has 14 heavy (non-hydrogen) atoms. The van der Waals surface area contributed by atoms with E-state index >= 15 is 0 Å². The molecule has 8 heteroatoms. The highest BCUT2D eigenvalue weighted by Crippen LogP contribution is 2.38. The Kier molecular flexibility index (Phi) is 5.28. The molecule has 84 valence electrons. The first kappa shape index (κ1) is 14.6. The normalized spacial score (nSPS) is 15.0. The van der Waals surface area contributed by atoms with Gasteiger partial charge in [-0.15, -0.1) is 0 Å². The van der Waals surface area contributed by atoms with Crippen molar-refractivity contribution in [2.75, 3.05) is 0 Å². The van der Waals surface area contributed by atoms with Crippen LogP contribution < -0.4 is 16.1 Å². The van der Waals surface area contributed by atoms with Gasteiger partial charge in [0, 0.05) is 0 Å². The highest BCUT2D eigenvalue weighted by molar-refractivity contribution is 9.26. The summed E-state index contributed by atoms with van der Waals surface area (Å²) >= 11 is 6.40. The van der Waals surface area contributed by atoms with E-state index in [2.05, 4.69) is 36.9 Å². The third kappa shape index (κ3) is 4.40. The van der Waals surface area contributed by atoms with Crippen molar-refractivity contribution >= 4 is 45.4 Å². The average molecular weight is 351 g/mol. The number of nitrogens with two attached hydrogens (primary N) is 2. The number of amides is 1. The molecule has 0 heterocycles. The van der Waals surface area contributed by atoms with Crippen molar-refractivity contribution in [3.8, 4) is 0 Å². The van der Waals surface area contributed by atoms with Crippen molar-refractivity contribution in [1.29, 1.82) is 0 Å². The second kappa shape index (κ2) is 5.07. The Morgan fingerprint density at radius 2 is 2.00 bits per heavy atom. The van der Waals surface area contributed by atoms with Crippen LogP contribution in [0.5, 0.6) is 0 Å². The maximum atomic E-state index is 11.5. The van der Waals surface area contributed by atoms with Crippen LogP contribution in [0.1, 0.15) is 20.3 Å². The number of rotatable bonds is 4. The van der Waals surface area contributed by atoms with E-state index < -0.39 is 16.7 Å². The molecule has 5 N–H and O–H groups in total. The summed E-state index contributed by atoms with van der Waals surface area (Å²) in [4.78, 5) is 11.5. The fourth-order valence-corrected chi connectivity index (χ4v) is 2.36. The zero-order valence-electron chi connectivity index (χ0n) is 7.96. The number of alkyl halides is 2. The van der Waals surface area contributed by atoms with E-state index in [4.69, 9.17) is 11.0 Å². The van der Waals surface area contributed by atoms with Gasteiger partial charge in [-0.25, -0.2) is 0 Å². The third-order valence-corrected chi connectivity index (χ3v) is 4.65. The van der Waals surface area contributed by atoms with Crippen LogP contribution in [0.25, 0.3) is 0 Å². The standard InChI is InChI=1S/C6H14Br2N3O2P/c1-3-4(2)6(7,8)5(12)11-14(9,10)13/h4H,3H2,1-2H3,(H5,9,10,11,12,13). The monoisotopic (exact) mass is 349 g/mol. The van der Waals surface area contributed by atoms with E-state index in [1.54, 1.807) is 0 Å². The Bertz CT molecular complexity index is 266. The molecule has 5 nitrogen and oxygen atoms in total. The molecule has 1 amide bonds. The van der Waals surface area contributed by atoms with E-state index in [1.165, 1.54) is 0 Å². The van der Waals surface area contributed by atoms with Gasteiger partial charge in [-0.3, -0.25) is 25.5 Å². The van der Waals surface area contributed by atoms with Crippen LogP contribution in [0.3, 0.4) is 0 Å². The predicted octanol–water partition coefficient (Wildman–Crippen LogP) is 1.66. The van der Waals surface area contributed by atoms with Gasteiger partial charge in [0.05, 0.1) is 0 Å². The number of nitrogens with one attached hydrogen (secondary N) is 1. The van der Waals surface area contributed by atoms with Gasteiger partial charge in [0.1, 0.15) is 0 Å². The number of carbonyl (C=O) groups excluding carboxylic acids is 1. The summed E-state index contributed by atoms with van der Waals surface area (Å²) in [5.41, 5.74) is 10.1. The fourth-order valence-electron chi connectivity index (χ4n) is 0.713. The molecular weight excluding hydrogens is 337 g/mol. The number of hydrogen-bond donors (Lipinski definition) is 3. The maximum absolute atomic E-state index is 11.5. The lowest BCUT2D eigenvalue weighted by Crippen LogP contribution is -2.42. The zero-order valence-corrected chi connectivity index (χ0v) is 12.0. The molecule has 0 aromatic rings. The summed E-state index contributed by atoms with van der Waals surface area (Å²) in [6, 6.07) is 0. The molecule has 0 aromatic heterocycles. The molecule has 0 aliphatic carbocycles. The predicted molar refractivity (Wildman–Crippen MR) is 64.2 cm³/mol. The number of hydrogen-bond acceptors (Lipinski definition) is 2. The van der Waals surface area contributed by atoms with Crippen LogP contribution in [-0.4, -0.2) is 9.14 Å². The molecule has 0 saturated carbocycles. The first-order valence-electron chi connectivity index (χ1n) is 3.99. The molecule has 0 aromatic carbocycles. The molecule has 1 unspecified atom stereocenters. The van der Waals surface area contributed by atoms with Crippen molar-refractivity contribution in [2.24, 2.45) is 16.9 Å². The molecule has 0 aliphatic heterocycles. The molecule has 0 saturated heterocycles. The summed E-state index contributed by atoms with van der Waals surface area (Å²) < 4.78 is 9.98. The summed E-state index contributed by atoms with van der Waals surface area (Å²) in [7, 11) is -3.53. The minimum absolute atomic E-state index is 0.00838. The SMILES string of the molecule is CCC(C)C(Br)(Br)C(=O)NP(N)(N)=O. The Labute approximate surface area is 100 Å². The lowest BCUT2D eigenvalue weighted by molar-refractivity contribution is -0.120. The summed E-state index contributed by atoms with van der Waals surface area (Å²) in [6.45, 7) is 3.79. The van der Waals surface area contributed by atoms with Crippen LogP contribution in [0, 0.1) is 5.92 Å². The Morgan fingerprint density at radius 1 is 1.57 bits per heavy atom. The molecule has 1 atom stereocenters. The van der Waals surface area contributed by atoms with Crippen molar-refractivity contribution in [3.05, 3.63) is 0 Å². The molecule has 0 bridgehead atoms. The minimum Gasteiger partial charge on any atom is -0.281 e. The molecule has 0 aliphatic rings. The van der Waals surface area contributed by atoms with Crippen LogP contribution in [0.2, 0.25) is 0 Å². The summed E-state index contributed by atoms with van der Waals surface area (Å²) in [5, 5.41) is 2.05. The van der Waals surface area contributed by atoms with Crippen LogP contribution in [0.15, 0.2) is 0 Å². The molecule has 0 fully saturated rings. The van der Waals surface area contributed by atoms with Gasteiger partial charge < -0.3 is 0 Å². The lowest BCUT2D eigenvalue weighted by atomic mass is 10.1.